The van der Waals surface area contributed by atoms with Gasteiger partial charge in [0.2, 0.25) is 0 Å². The third-order valence-electron chi connectivity index (χ3n) is 6.29. The van der Waals surface area contributed by atoms with Crippen LogP contribution in [0.5, 0.6) is 0 Å². The minimum absolute atomic E-state index is 0.123. The molecule has 0 aromatic carbocycles. The molecule has 0 unspecified atom stereocenters. The lowest BCUT2D eigenvalue weighted by Crippen LogP contribution is -2.39. The van der Waals surface area contributed by atoms with E-state index >= 15 is 0 Å². The predicted molar refractivity (Wildman–Crippen MR) is 116 cm³/mol. The van der Waals surface area contributed by atoms with E-state index in [-0.39, 0.29) is 18.0 Å². The number of anilines is 1. The molecule has 5 heterocycles. The smallest absolute Gasteiger partial charge is 0.256 e. The molecule has 4 aromatic heterocycles. The van der Waals surface area contributed by atoms with Gasteiger partial charge in [0, 0.05) is 42.5 Å². The molecule has 9 nitrogen and oxygen atoms in total. The zero-order valence-electron chi connectivity index (χ0n) is 17.2. The Hall–Kier alpha value is -3.46. The van der Waals surface area contributed by atoms with Gasteiger partial charge in [-0.15, -0.1) is 0 Å². The Kier molecular flexibility index (Phi) is 4.17. The fourth-order valence-corrected chi connectivity index (χ4v) is 4.20. The maximum atomic E-state index is 12.9. The summed E-state index contributed by atoms with van der Waals surface area (Å²) in [5, 5.41) is 11.7. The highest BCUT2D eigenvalue weighted by Crippen LogP contribution is 2.34. The summed E-state index contributed by atoms with van der Waals surface area (Å²) in [5.41, 5.74) is 3.68. The SMILES string of the molecule is CNc1cc(-c2cn(C3COC3)c3ncccc23)nc2c(C(=O)NC3CCC3)cnn12. The van der Waals surface area contributed by atoms with Crippen LogP contribution in [0.25, 0.3) is 27.9 Å². The van der Waals surface area contributed by atoms with Crippen molar-refractivity contribution in [2.24, 2.45) is 0 Å². The fourth-order valence-electron chi connectivity index (χ4n) is 4.20. The fraction of sp³-hybridized carbons (Fsp3) is 0.364. The van der Waals surface area contributed by atoms with Crippen molar-refractivity contribution in [3.8, 4) is 11.3 Å². The first-order chi connectivity index (χ1) is 15.2. The monoisotopic (exact) mass is 417 g/mol. The van der Waals surface area contributed by atoms with Crippen molar-refractivity contribution in [2.45, 2.75) is 31.3 Å². The molecule has 0 radical (unpaired) electrons. The van der Waals surface area contributed by atoms with Crippen LogP contribution in [0.15, 0.2) is 36.8 Å². The molecule has 2 N–H and O–H groups in total. The van der Waals surface area contributed by atoms with Gasteiger partial charge in [-0.2, -0.15) is 9.61 Å². The summed E-state index contributed by atoms with van der Waals surface area (Å²) >= 11 is 0. The van der Waals surface area contributed by atoms with Gasteiger partial charge in [-0.25, -0.2) is 9.97 Å². The van der Waals surface area contributed by atoms with Crippen LogP contribution < -0.4 is 10.6 Å². The van der Waals surface area contributed by atoms with Gasteiger partial charge < -0.3 is 19.9 Å². The molecule has 6 rings (SSSR count). The lowest BCUT2D eigenvalue weighted by Gasteiger charge is -2.27. The second-order valence-electron chi connectivity index (χ2n) is 8.19. The van der Waals surface area contributed by atoms with Gasteiger partial charge in [-0.3, -0.25) is 4.79 Å². The second kappa shape index (κ2) is 7.05. The van der Waals surface area contributed by atoms with Crippen LogP contribution in [0.1, 0.15) is 35.7 Å². The molecule has 0 atom stereocenters. The number of carbonyl (C=O) groups is 1. The van der Waals surface area contributed by atoms with Crippen molar-refractivity contribution in [2.75, 3.05) is 25.6 Å². The van der Waals surface area contributed by atoms with Gasteiger partial charge in [-0.1, -0.05) is 0 Å². The molecule has 2 aliphatic rings. The average molecular weight is 417 g/mol. The summed E-state index contributed by atoms with van der Waals surface area (Å²) in [6, 6.07) is 6.47. The number of hydrogen-bond donors (Lipinski definition) is 2. The van der Waals surface area contributed by atoms with Crippen molar-refractivity contribution < 1.29 is 9.53 Å². The molecule has 1 saturated carbocycles. The molecule has 1 aliphatic carbocycles. The molecule has 4 aromatic rings. The standard InChI is InChI=1S/C22H23N7O2/c1-23-19-8-18(17-10-28(14-11-31-12-14)20-15(17)6-3-7-24-20)27-21-16(9-25-29(19)21)22(30)26-13-4-2-5-13/h3,6-10,13-14,23H,2,4-5,11-12H2,1H3,(H,26,30). The van der Waals surface area contributed by atoms with Crippen LogP contribution in [0.4, 0.5) is 5.82 Å². The minimum Gasteiger partial charge on any atom is -0.377 e. The van der Waals surface area contributed by atoms with Crippen molar-refractivity contribution in [3.63, 3.8) is 0 Å². The number of hydrogen-bond acceptors (Lipinski definition) is 6. The third-order valence-corrected chi connectivity index (χ3v) is 6.29. The van der Waals surface area contributed by atoms with Crippen molar-refractivity contribution in [3.05, 3.63) is 42.4 Å². The number of pyridine rings is 1. The highest BCUT2D eigenvalue weighted by Gasteiger charge is 2.26. The first kappa shape index (κ1) is 18.3. The molecule has 1 saturated heterocycles. The number of carbonyl (C=O) groups excluding carboxylic acids is 1. The average Bonchev–Trinajstić information content (AvgIpc) is 3.31. The van der Waals surface area contributed by atoms with Gasteiger partial charge in [0.05, 0.1) is 31.1 Å². The highest BCUT2D eigenvalue weighted by atomic mass is 16.5. The van der Waals surface area contributed by atoms with Gasteiger partial charge in [0.25, 0.3) is 5.91 Å². The minimum atomic E-state index is -0.123. The lowest BCUT2D eigenvalue weighted by atomic mass is 9.93. The van der Waals surface area contributed by atoms with E-state index in [1.807, 2.05) is 19.2 Å². The first-order valence-corrected chi connectivity index (χ1v) is 10.6. The Labute approximate surface area is 178 Å². The molecular formula is C22H23N7O2. The Morgan fingerprint density at radius 3 is 2.84 bits per heavy atom. The quantitative estimate of drug-likeness (QED) is 0.518. The van der Waals surface area contributed by atoms with Gasteiger partial charge >= 0.3 is 0 Å². The van der Waals surface area contributed by atoms with Gasteiger partial charge in [0.1, 0.15) is 17.0 Å². The van der Waals surface area contributed by atoms with Crippen LogP contribution in [0.2, 0.25) is 0 Å². The molecular weight excluding hydrogens is 394 g/mol. The second-order valence-corrected chi connectivity index (χ2v) is 8.19. The van der Waals surface area contributed by atoms with Crippen molar-refractivity contribution >= 4 is 28.4 Å². The number of amides is 1. The normalized spacial score (nSPS) is 16.9. The van der Waals surface area contributed by atoms with Crippen LogP contribution in [-0.4, -0.2) is 56.4 Å². The van der Waals surface area contributed by atoms with Crippen LogP contribution >= 0.6 is 0 Å². The maximum Gasteiger partial charge on any atom is 0.256 e. The third kappa shape index (κ3) is 2.88. The van der Waals surface area contributed by atoms with E-state index in [1.54, 1.807) is 16.9 Å². The zero-order chi connectivity index (χ0) is 20.9. The van der Waals surface area contributed by atoms with E-state index in [0.717, 1.165) is 47.4 Å². The van der Waals surface area contributed by atoms with E-state index in [2.05, 4.69) is 37.5 Å². The summed E-state index contributed by atoms with van der Waals surface area (Å²) in [5.74, 6) is 0.640. The van der Waals surface area contributed by atoms with Crippen LogP contribution in [0.3, 0.4) is 0 Å². The molecule has 31 heavy (non-hydrogen) atoms. The van der Waals surface area contributed by atoms with Crippen LogP contribution in [0, 0.1) is 0 Å². The van der Waals surface area contributed by atoms with E-state index in [1.165, 1.54) is 0 Å². The lowest BCUT2D eigenvalue weighted by molar-refractivity contribution is -0.0215. The maximum absolute atomic E-state index is 12.9. The molecule has 2 fully saturated rings. The Balaban J connectivity index is 1.50. The molecule has 1 aliphatic heterocycles. The predicted octanol–water partition coefficient (Wildman–Crippen LogP) is 2.64. The number of rotatable bonds is 5. The molecule has 9 heteroatoms. The van der Waals surface area contributed by atoms with E-state index in [0.29, 0.717) is 24.4 Å². The van der Waals surface area contributed by atoms with E-state index in [4.69, 9.17) is 9.72 Å². The Bertz CT molecular complexity index is 1300. The molecule has 1 amide bonds. The topological polar surface area (TPSA) is 98.4 Å². The summed E-state index contributed by atoms with van der Waals surface area (Å²) in [4.78, 5) is 22.4. The first-order valence-electron chi connectivity index (χ1n) is 10.6. The summed E-state index contributed by atoms with van der Waals surface area (Å²) < 4.78 is 9.24. The van der Waals surface area contributed by atoms with Crippen molar-refractivity contribution in [1.82, 2.24) is 29.5 Å². The van der Waals surface area contributed by atoms with E-state index < -0.39 is 0 Å². The summed E-state index contributed by atoms with van der Waals surface area (Å²) in [6.07, 6.45) is 8.71. The van der Waals surface area contributed by atoms with Crippen LogP contribution in [-0.2, 0) is 4.74 Å². The van der Waals surface area contributed by atoms with Gasteiger partial charge in [0.15, 0.2) is 5.65 Å². The summed E-state index contributed by atoms with van der Waals surface area (Å²) in [7, 11) is 1.84. The summed E-state index contributed by atoms with van der Waals surface area (Å²) in [6.45, 7) is 1.37. The molecule has 0 bridgehead atoms. The largest absolute Gasteiger partial charge is 0.377 e. The molecule has 0 spiro atoms. The van der Waals surface area contributed by atoms with Gasteiger partial charge in [-0.05, 0) is 31.4 Å². The van der Waals surface area contributed by atoms with Crippen molar-refractivity contribution in [1.29, 1.82) is 0 Å². The number of fused-ring (bicyclic) bond motifs is 2. The number of nitrogens with zero attached hydrogens (tertiary/aromatic N) is 5. The zero-order valence-corrected chi connectivity index (χ0v) is 17.2. The highest BCUT2D eigenvalue weighted by molar-refractivity contribution is 6.01. The Morgan fingerprint density at radius 2 is 2.13 bits per heavy atom. The Morgan fingerprint density at radius 1 is 1.26 bits per heavy atom. The number of aromatic nitrogens is 5. The number of nitrogens with one attached hydrogen (secondary N) is 2. The number of ether oxygens (including phenoxy) is 1. The molecule has 158 valence electrons. The van der Waals surface area contributed by atoms with E-state index in [9.17, 15) is 4.79 Å².